The Hall–Kier alpha value is -2.40. The highest BCUT2D eigenvalue weighted by Crippen LogP contribution is 2.27. The molecule has 2 rings (SSSR count). The molecular weight excluding hydrogens is 264 g/mol. The van der Waals surface area contributed by atoms with Crippen molar-refractivity contribution in [3.8, 4) is 0 Å². The third-order valence-corrected chi connectivity index (χ3v) is 3.30. The molecule has 2 aromatic rings. The summed E-state index contributed by atoms with van der Waals surface area (Å²) in [4.78, 5) is 16.5. The highest BCUT2D eigenvalue weighted by Gasteiger charge is 2.14. The number of carbonyl (C=O) groups is 1. The van der Waals surface area contributed by atoms with E-state index < -0.39 is 0 Å². The molecule has 0 aliphatic heterocycles. The average Bonchev–Trinajstić information content (AvgIpc) is 2.49. The highest BCUT2D eigenvalue weighted by atomic mass is 16.1. The summed E-state index contributed by atoms with van der Waals surface area (Å²) in [5.41, 5.74) is 5.75. The van der Waals surface area contributed by atoms with E-state index in [1.165, 1.54) is 0 Å². The van der Waals surface area contributed by atoms with Crippen LogP contribution in [0.1, 0.15) is 41.4 Å². The van der Waals surface area contributed by atoms with Crippen LogP contribution < -0.4 is 16.6 Å². The Bertz CT molecular complexity index is 652. The lowest BCUT2D eigenvalue weighted by atomic mass is 9.98. The molecule has 1 aromatic heterocycles. The van der Waals surface area contributed by atoms with E-state index in [4.69, 9.17) is 5.84 Å². The first-order valence-corrected chi connectivity index (χ1v) is 6.87. The monoisotopic (exact) mass is 284 g/mol. The van der Waals surface area contributed by atoms with Gasteiger partial charge in [-0.15, -0.1) is 0 Å². The van der Waals surface area contributed by atoms with Crippen molar-refractivity contribution in [2.75, 3.05) is 10.7 Å². The van der Waals surface area contributed by atoms with E-state index in [2.05, 4.69) is 29.6 Å². The minimum atomic E-state index is -0.247. The minimum Gasteiger partial charge on any atom is -0.320 e. The summed E-state index contributed by atoms with van der Waals surface area (Å²) >= 11 is 0. The number of aryl methyl sites for hydroxylation is 1. The molecule has 0 bridgehead atoms. The predicted octanol–water partition coefficient (Wildman–Crippen LogP) is 3.05. The number of anilines is 2. The van der Waals surface area contributed by atoms with Gasteiger partial charge in [-0.05, 0) is 36.1 Å². The molecule has 0 aliphatic rings. The van der Waals surface area contributed by atoms with Crippen LogP contribution in [0.15, 0.2) is 36.4 Å². The van der Waals surface area contributed by atoms with Crippen molar-refractivity contribution in [3.63, 3.8) is 0 Å². The van der Waals surface area contributed by atoms with Gasteiger partial charge < -0.3 is 10.7 Å². The lowest BCUT2D eigenvalue weighted by Crippen LogP contribution is -2.17. The fourth-order valence-electron chi connectivity index (χ4n) is 2.16. The largest absolute Gasteiger partial charge is 0.320 e. The number of rotatable bonds is 4. The second-order valence-corrected chi connectivity index (χ2v) is 5.20. The number of nitrogens with zero attached hydrogens (tertiary/aromatic N) is 1. The number of nitrogen functional groups attached to an aromatic ring is 1. The van der Waals surface area contributed by atoms with Gasteiger partial charge in [-0.1, -0.05) is 38.1 Å². The van der Waals surface area contributed by atoms with Crippen LogP contribution in [0.2, 0.25) is 0 Å². The first-order valence-electron chi connectivity index (χ1n) is 6.87. The van der Waals surface area contributed by atoms with Gasteiger partial charge >= 0.3 is 0 Å². The molecule has 4 N–H and O–H groups in total. The quantitative estimate of drug-likeness (QED) is 0.595. The van der Waals surface area contributed by atoms with Gasteiger partial charge in [0.05, 0.1) is 0 Å². The van der Waals surface area contributed by atoms with E-state index in [0.717, 1.165) is 16.8 Å². The van der Waals surface area contributed by atoms with Gasteiger partial charge in [-0.2, -0.15) is 0 Å². The fraction of sp³-hybridized carbons (Fsp3) is 0.250. The standard InChI is InChI=1S/C16H20N4O/c1-10(2)12-7-4-6-11(3)15(12)19-16(21)13-8-5-9-14(18-13)20-17/h4-10H,17H2,1-3H3,(H,18,20)(H,19,21). The summed E-state index contributed by atoms with van der Waals surface area (Å²) in [6.45, 7) is 6.18. The van der Waals surface area contributed by atoms with Crippen LogP contribution in [-0.2, 0) is 0 Å². The molecule has 21 heavy (non-hydrogen) atoms. The predicted molar refractivity (Wildman–Crippen MR) is 85.3 cm³/mol. The first-order chi connectivity index (χ1) is 10.0. The van der Waals surface area contributed by atoms with E-state index in [1.807, 2.05) is 25.1 Å². The van der Waals surface area contributed by atoms with Crippen molar-refractivity contribution in [1.82, 2.24) is 4.98 Å². The number of nitrogens with one attached hydrogen (secondary N) is 2. The Morgan fingerprint density at radius 3 is 2.57 bits per heavy atom. The summed E-state index contributed by atoms with van der Waals surface area (Å²) < 4.78 is 0. The Labute approximate surface area is 124 Å². The number of hydrogen-bond acceptors (Lipinski definition) is 4. The molecule has 5 nitrogen and oxygen atoms in total. The molecule has 1 aromatic carbocycles. The van der Waals surface area contributed by atoms with Gasteiger partial charge in [0.2, 0.25) is 0 Å². The second kappa shape index (κ2) is 6.37. The van der Waals surface area contributed by atoms with Crippen LogP contribution in [0, 0.1) is 6.92 Å². The smallest absolute Gasteiger partial charge is 0.274 e. The van der Waals surface area contributed by atoms with Crippen molar-refractivity contribution >= 4 is 17.4 Å². The van der Waals surface area contributed by atoms with Gasteiger partial charge in [0.25, 0.3) is 5.91 Å². The molecule has 1 heterocycles. The maximum absolute atomic E-state index is 12.4. The number of amides is 1. The van der Waals surface area contributed by atoms with E-state index in [1.54, 1.807) is 18.2 Å². The molecule has 1 amide bonds. The zero-order chi connectivity index (χ0) is 15.4. The second-order valence-electron chi connectivity index (χ2n) is 5.20. The summed E-state index contributed by atoms with van der Waals surface area (Å²) in [5, 5.41) is 2.96. The van der Waals surface area contributed by atoms with Gasteiger partial charge in [0.15, 0.2) is 0 Å². The van der Waals surface area contributed by atoms with E-state index in [-0.39, 0.29) is 5.91 Å². The third-order valence-electron chi connectivity index (χ3n) is 3.30. The first kappa shape index (κ1) is 15.0. The number of para-hydroxylation sites is 1. The summed E-state index contributed by atoms with van der Waals surface area (Å²) in [6.07, 6.45) is 0. The zero-order valence-corrected chi connectivity index (χ0v) is 12.5. The zero-order valence-electron chi connectivity index (χ0n) is 12.5. The molecule has 0 atom stereocenters. The highest BCUT2D eigenvalue weighted by molar-refractivity contribution is 6.04. The van der Waals surface area contributed by atoms with Gasteiger partial charge in [0, 0.05) is 5.69 Å². The number of carbonyl (C=O) groups excluding carboxylic acids is 1. The Balaban J connectivity index is 2.31. The number of benzene rings is 1. The number of nitrogens with two attached hydrogens (primary N) is 1. The van der Waals surface area contributed by atoms with Crippen molar-refractivity contribution in [3.05, 3.63) is 53.2 Å². The Kier molecular flexibility index (Phi) is 4.55. The van der Waals surface area contributed by atoms with E-state index >= 15 is 0 Å². The molecule has 0 aliphatic carbocycles. The number of hydrogen-bond donors (Lipinski definition) is 3. The summed E-state index contributed by atoms with van der Waals surface area (Å²) in [5.74, 6) is 5.85. The van der Waals surface area contributed by atoms with Crippen molar-refractivity contribution in [2.24, 2.45) is 5.84 Å². The molecule has 0 fully saturated rings. The lowest BCUT2D eigenvalue weighted by Gasteiger charge is -2.16. The van der Waals surface area contributed by atoms with Crippen molar-refractivity contribution in [2.45, 2.75) is 26.7 Å². The molecule has 0 radical (unpaired) electrons. The maximum atomic E-state index is 12.4. The third kappa shape index (κ3) is 3.38. The van der Waals surface area contributed by atoms with Gasteiger partial charge in [-0.3, -0.25) is 4.79 Å². The lowest BCUT2D eigenvalue weighted by molar-refractivity contribution is 0.102. The molecule has 0 saturated carbocycles. The van der Waals surface area contributed by atoms with Crippen LogP contribution >= 0.6 is 0 Å². The molecule has 5 heteroatoms. The molecular formula is C16H20N4O. The van der Waals surface area contributed by atoms with Crippen LogP contribution in [0.5, 0.6) is 0 Å². The van der Waals surface area contributed by atoms with Crippen LogP contribution in [0.25, 0.3) is 0 Å². The van der Waals surface area contributed by atoms with Crippen molar-refractivity contribution in [1.29, 1.82) is 0 Å². The van der Waals surface area contributed by atoms with Crippen LogP contribution in [0.3, 0.4) is 0 Å². The van der Waals surface area contributed by atoms with Gasteiger partial charge in [-0.25, -0.2) is 10.8 Å². The van der Waals surface area contributed by atoms with Crippen molar-refractivity contribution < 1.29 is 4.79 Å². The summed E-state index contributed by atoms with van der Waals surface area (Å²) in [6, 6.07) is 11.1. The fourth-order valence-corrected chi connectivity index (χ4v) is 2.16. The number of aromatic nitrogens is 1. The minimum absolute atomic E-state index is 0.247. The summed E-state index contributed by atoms with van der Waals surface area (Å²) in [7, 11) is 0. The molecule has 0 saturated heterocycles. The average molecular weight is 284 g/mol. The molecule has 110 valence electrons. The van der Waals surface area contributed by atoms with E-state index in [0.29, 0.717) is 17.4 Å². The van der Waals surface area contributed by atoms with Gasteiger partial charge in [0.1, 0.15) is 11.5 Å². The SMILES string of the molecule is Cc1cccc(C(C)C)c1NC(=O)c1cccc(NN)n1. The number of hydrazine groups is 1. The Morgan fingerprint density at radius 1 is 1.19 bits per heavy atom. The number of pyridine rings is 1. The molecule has 0 spiro atoms. The maximum Gasteiger partial charge on any atom is 0.274 e. The normalized spacial score (nSPS) is 10.5. The van der Waals surface area contributed by atoms with E-state index in [9.17, 15) is 4.79 Å². The molecule has 0 unspecified atom stereocenters. The Morgan fingerprint density at radius 2 is 1.90 bits per heavy atom. The van der Waals surface area contributed by atoms with Crippen LogP contribution in [0.4, 0.5) is 11.5 Å². The topological polar surface area (TPSA) is 80.0 Å². The van der Waals surface area contributed by atoms with Crippen LogP contribution in [-0.4, -0.2) is 10.9 Å².